The zero-order chi connectivity index (χ0) is 18.4. The molecule has 0 aromatic heterocycles. The first-order valence-corrected chi connectivity index (χ1v) is 7.39. The second-order valence-corrected chi connectivity index (χ2v) is 5.30. The smallest absolute Gasteiger partial charge is 0.340 e. The maximum atomic E-state index is 11.8. The molecule has 0 aliphatic carbocycles. The summed E-state index contributed by atoms with van der Waals surface area (Å²) in [7, 11) is 0. The van der Waals surface area contributed by atoms with Crippen molar-refractivity contribution < 1.29 is 24.4 Å². The van der Waals surface area contributed by atoms with E-state index in [1.165, 1.54) is 12.1 Å². The number of benzene rings is 2. The SMILES string of the molecule is O=C(COC(=O)[C@H](O)c1ccccc1)Nc1ccc(Cl)c([N+](=O)[O-])c1. The van der Waals surface area contributed by atoms with Crippen LogP contribution in [-0.4, -0.2) is 28.5 Å². The lowest BCUT2D eigenvalue weighted by molar-refractivity contribution is -0.384. The Balaban J connectivity index is 1.91. The van der Waals surface area contributed by atoms with E-state index >= 15 is 0 Å². The van der Waals surface area contributed by atoms with E-state index in [9.17, 15) is 24.8 Å². The zero-order valence-electron chi connectivity index (χ0n) is 12.7. The predicted molar refractivity (Wildman–Crippen MR) is 89.1 cm³/mol. The van der Waals surface area contributed by atoms with Crippen molar-refractivity contribution in [3.8, 4) is 0 Å². The fraction of sp³-hybridized carbons (Fsp3) is 0.125. The lowest BCUT2D eigenvalue weighted by Crippen LogP contribution is -2.24. The minimum absolute atomic E-state index is 0.0691. The number of aliphatic hydroxyl groups excluding tert-OH is 1. The molecule has 0 fully saturated rings. The summed E-state index contributed by atoms with van der Waals surface area (Å²) in [4.78, 5) is 33.6. The molecule has 0 unspecified atom stereocenters. The number of nitro groups is 1. The van der Waals surface area contributed by atoms with Crippen molar-refractivity contribution in [2.24, 2.45) is 0 Å². The third-order valence-corrected chi connectivity index (χ3v) is 3.43. The van der Waals surface area contributed by atoms with Crippen LogP contribution >= 0.6 is 11.6 Å². The number of anilines is 1. The van der Waals surface area contributed by atoms with Gasteiger partial charge in [-0.1, -0.05) is 41.9 Å². The average molecular weight is 365 g/mol. The highest BCUT2D eigenvalue weighted by Gasteiger charge is 2.20. The largest absolute Gasteiger partial charge is 0.453 e. The first-order chi connectivity index (χ1) is 11.9. The number of aliphatic hydroxyl groups is 1. The Morgan fingerprint density at radius 1 is 1.24 bits per heavy atom. The number of esters is 1. The van der Waals surface area contributed by atoms with Gasteiger partial charge in [0.1, 0.15) is 5.02 Å². The molecule has 0 spiro atoms. The summed E-state index contributed by atoms with van der Waals surface area (Å²) in [5, 5.41) is 22.9. The van der Waals surface area contributed by atoms with Crippen molar-refractivity contribution in [1.29, 1.82) is 0 Å². The van der Waals surface area contributed by atoms with Crippen LogP contribution in [0.5, 0.6) is 0 Å². The third kappa shape index (κ3) is 5.00. The quantitative estimate of drug-likeness (QED) is 0.461. The monoisotopic (exact) mass is 364 g/mol. The summed E-state index contributed by atoms with van der Waals surface area (Å²) < 4.78 is 4.73. The summed E-state index contributed by atoms with van der Waals surface area (Å²) in [5.41, 5.74) is 0.0953. The van der Waals surface area contributed by atoms with E-state index in [0.29, 0.717) is 5.56 Å². The van der Waals surface area contributed by atoms with Crippen LogP contribution in [0.15, 0.2) is 48.5 Å². The van der Waals surface area contributed by atoms with E-state index in [-0.39, 0.29) is 16.4 Å². The number of halogens is 1. The first kappa shape index (κ1) is 18.4. The van der Waals surface area contributed by atoms with Crippen LogP contribution in [0.4, 0.5) is 11.4 Å². The van der Waals surface area contributed by atoms with Crippen molar-refractivity contribution in [2.45, 2.75) is 6.10 Å². The van der Waals surface area contributed by atoms with Gasteiger partial charge in [-0.2, -0.15) is 0 Å². The highest BCUT2D eigenvalue weighted by Crippen LogP contribution is 2.27. The topological polar surface area (TPSA) is 119 Å². The lowest BCUT2D eigenvalue weighted by Gasteiger charge is -2.11. The van der Waals surface area contributed by atoms with E-state index in [4.69, 9.17) is 16.3 Å². The van der Waals surface area contributed by atoms with Gasteiger partial charge in [-0.15, -0.1) is 0 Å². The Kier molecular flexibility index (Phi) is 6.04. The van der Waals surface area contributed by atoms with Crippen molar-refractivity contribution in [3.05, 3.63) is 69.2 Å². The second-order valence-electron chi connectivity index (χ2n) is 4.89. The fourth-order valence-electron chi connectivity index (χ4n) is 1.91. The van der Waals surface area contributed by atoms with Crippen molar-refractivity contribution in [3.63, 3.8) is 0 Å². The van der Waals surface area contributed by atoms with Crippen LogP contribution in [0.3, 0.4) is 0 Å². The number of hydrogen-bond acceptors (Lipinski definition) is 6. The van der Waals surface area contributed by atoms with Gasteiger partial charge in [-0.05, 0) is 17.7 Å². The number of amides is 1. The number of nitrogens with one attached hydrogen (secondary N) is 1. The number of nitro benzene ring substituents is 1. The van der Waals surface area contributed by atoms with Crippen LogP contribution in [0.2, 0.25) is 5.02 Å². The Bertz CT molecular complexity index is 796. The van der Waals surface area contributed by atoms with Crippen LogP contribution in [0.25, 0.3) is 0 Å². The Morgan fingerprint density at radius 2 is 1.92 bits per heavy atom. The van der Waals surface area contributed by atoms with Gasteiger partial charge in [0.2, 0.25) is 0 Å². The van der Waals surface area contributed by atoms with Crippen molar-refractivity contribution in [2.75, 3.05) is 11.9 Å². The highest BCUT2D eigenvalue weighted by molar-refractivity contribution is 6.32. The molecule has 25 heavy (non-hydrogen) atoms. The molecule has 0 saturated heterocycles. The molecule has 0 bridgehead atoms. The maximum absolute atomic E-state index is 11.8. The maximum Gasteiger partial charge on any atom is 0.340 e. The molecule has 0 heterocycles. The summed E-state index contributed by atoms with van der Waals surface area (Å²) in [5.74, 6) is -1.70. The van der Waals surface area contributed by atoms with Crippen LogP contribution < -0.4 is 5.32 Å². The van der Waals surface area contributed by atoms with Crippen LogP contribution in [-0.2, 0) is 14.3 Å². The van der Waals surface area contributed by atoms with Gasteiger partial charge >= 0.3 is 5.97 Å². The Morgan fingerprint density at radius 3 is 2.56 bits per heavy atom. The number of ether oxygens (including phenoxy) is 1. The van der Waals surface area contributed by atoms with E-state index in [1.54, 1.807) is 30.3 Å². The van der Waals surface area contributed by atoms with E-state index in [1.807, 2.05) is 0 Å². The third-order valence-electron chi connectivity index (χ3n) is 3.11. The number of rotatable bonds is 6. The molecule has 0 aliphatic heterocycles. The molecular weight excluding hydrogens is 352 g/mol. The molecule has 0 saturated carbocycles. The number of nitrogens with zero attached hydrogens (tertiary/aromatic N) is 1. The van der Waals surface area contributed by atoms with E-state index < -0.39 is 29.5 Å². The molecule has 1 atom stereocenters. The minimum atomic E-state index is -1.51. The van der Waals surface area contributed by atoms with Gasteiger partial charge in [-0.3, -0.25) is 14.9 Å². The van der Waals surface area contributed by atoms with Crippen molar-refractivity contribution >= 4 is 34.9 Å². The summed E-state index contributed by atoms with van der Waals surface area (Å²) in [6.45, 7) is -0.654. The molecule has 130 valence electrons. The standard InChI is InChI=1S/C16H13ClN2O6/c17-12-7-6-11(8-13(12)19(23)24)18-14(20)9-25-16(22)15(21)10-4-2-1-3-5-10/h1-8,15,21H,9H2,(H,18,20)/t15-/m1/s1. The molecule has 0 aliphatic rings. The number of hydrogen-bond donors (Lipinski definition) is 2. The Labute approximate surface area is 147 Å². The molecule has 8 nitrogen and oxygen atoms in total. The number of carbonyl (C=O) groups is 2. The first-order valence-electron chi connectivity index (χ1n) is 7.02. The summed E-state index contributed by atoms with van der Waals surface area (Å²) in [6.07, 6.45) is -1.51. The normalized spacial score (nSPS) is 11.4. The van der Waals surface area contributed by atoms with Gasteiger partial charge < -0.3 is 15.2 Å². The lowest BCUT2D eigenvalue weighted by atomic mass is 10.1. The molecule has 9 heteroatoms. The van der Waals surface area contributed by atoms with Gasteiger partial charge in [0, 0.05) is 11.8 Å². The molecule has 0 radical (unpaired) electrons. The molecule has 2 N–H and O–H groups in total. The van der Waals surface area contributed by atoms with Gasteiger partial charge in [0.15, 0.2) is 12.7 Å². The highest BCUT2D eigenvalue weighted by atomic mass is 35.5. The molecule has 2 aromatic carbocycles. The summed E-state index contributed by atoms with van der Waals surface area (Å²) >= 11 is 5.67. The summed E-state index contributed by atoms with van der Waals surface area (Å²) in [6, 6.07) is 11.8. The van der Waals surface area contributed by atoms with Gasteiger partial charge in [0.25, 0.3) is 11.6 Å². The van der Waals surface area contributed by atoms with Gasteiger partial charge in [-0.25, -0.2) is 4.79 Å². The van der Waals surface area contributed by atoms with E-state index in [0.717, 1.165) is 6.07 Å². The molecule has 2 aromatic rings. The average Bonchev–Trinajstić information content (AvgIpc) is 2.61. The molecule has 2 rings (SSSR count). The Hall–Kier alpha value is -2.97. The van der Waals surface area contributed by atoms with Crippen molar-refractivity contribution in [1.82, 2.24) is 0 Å². The fourth-order valence-corrected chi connectivity index (χ4v) is 2.10. The molecule has 1 amide bonds. The predicted octanol–water partition coefficient (Wildman–Crippen LogP) is 2.46. The van der Waals surface area contributed by atoms with E-state index in [2.05, 4.69) is 5.32 Å². The van der Waals surface area contributed by atoms with Crippen LogP contribution in [0.1, 0.15) is 11.7 Å². The number of carbonyl (C=O) groups excluding carboxylic acids is 2. The zero-order valence-corrected chi connectivity index (χ0v) is 13.5. The van der Waals surface area contributed by atoms with Crippen LogP contribution in [0, 0.1) is 10.1 Å². The minimum Gasteiger partial charge on any atom is -0.453 e. The van der Waals surface area contributed by atoms with Gasteiger partial charge in [0.05, 0.1) is 4.92 Å². The second kappa shape index (κ2) is 8.22. The molecular formula is C16H13ClN2O6.